The molecule has 1 rings (SSSR count). The average molecular weight is 279 g/mol. The monoisotopic (exact) mass is 279 g/mol. The molecule has 7 nitrogen and oxygen atoms in total. The quantitative estimate of drug-likeness (QED) is 0.534. The maximum atomic E-state index is 11.9. The van der Waals surface area contributed by atoms with Crippen LogP contribution in [0.1, 0.15) is 24.4 Å². The molecule has 2 atom stereocenters. The number of nitrogens with one attached hydrogen (secondary N) is 1. The minimum absolute atomic E-state index is 0.0715. The number of carboxylic acid groups (broad SMARTS) is 1. The van der Waals surface area contributed by atoms with Crippen LogP contribution in [-0.2, 0) is 14.4 Å². The molecule has 0 saturated heterocycles. The molecule has 0 aliphatic rings. The number of amides is 2. The summed E-state index contributed by atoms with van der Waals surface area (Å²) in [7, 11) is 0. The third kappa shape index (κ3) is 4.69. The number of rotatable bonds is 7. The Bertz CT molecular complexity index is 490. The largest absolute Gasteiger partial charge is 0.480 e. The molecule has 2 amide bonds. The zero-order chi connectivity index (χ0) is 15.1. The summed E-state index contributed by atoms with van der Waals surface area (Å²) in [6.07, 6.45) is -0.199. The molecule has 0 spiro atoms. The first kappa shape index (κ1) is 15.6. The summed E-state index contributed by atoms with van der Waals surface area (Å²) in [4.78, 5) is 33.5. The molecule has 7 heteroatoms. The molecule has 0 bridgehead atoms. The highest BCUT2D eigenvalue weighted by atomic mass is 16.4. The molecule has 1 unspecified atom stereocenters. The van der Waals surface area contributed by atoms with E-state index in [0.717, 1.165) is 0 Å². The Morgan fingerprint density at radius 3 is 2.30 bits per heavy atom. The molecule has 0 aromatic heterocycles. The van der Waals surface area contributed by atoms with E-state index in [1.165, 1.54) is 0 Å². The second kappa shape index (κ2) is 7.25. The van der Waals surface area contributed by atoms with Crippen molar-refractivity contribution in [1.82, 2.24) is 5.32 Å². The van der Waals surface area contributed by atoms with Crippen molar-refractivity contribution in [3.8, 4) is 0 Å². The lowest BCUT2D eigenvalue weighted by molar-refractivity contribution is -0.142. The summed E-state index contributed by atoms with van der Waals surface area (Å²) in [5.41, 5.74) is 11.3. The van der Waals surface area contributed by atoms with Gasteiger partial charge in [-0.25, -0.2) is 4.79 Å². The first-order valence-corrected chi connectivity index (χ1v) is 6.04. The van der Waals surface area contributed by atoms with E-state index in [1.807, 2.05) is 0 Å². The standard InChI is InChI=1S/C13H17N3O4/c14-10(17)7-6-9(13(19)20)16-12(18)11(15)8-4-2-1-3-5-8/h1-5,9,11H,6-7,15H2,(H2,14,17)(H,16,18)(H,19,20)/t9?,11-/m0/s1. The van der Waals surface area contributed by atoms with Crippen molar-refractivity contribution < 1.29 is 19.5 Å². The summed E-state index contributed by atoms with van der Waals surface area (Å²) >= 11 is 0. The Labute approximate surface area is 115 Å². The van der Waals surface area contributed by atoms with Gasteiger partial charge in [-0.3, -0.25) is 9.59 Å². The van der Waals surface area contributed by atoms with E-state index in [-0.39, 0.29) is 12.8 Å². The van der Waals surface area contributed by atoms with E-state index in [9.17, 15) is 14.4 Å². The number of aliphatic carboxylic acids is 1. The van der Waals surface area contributed by atoms with Crippen molar-refractivity contribution in [2.24, 2.45) is 11.5 Å². The molecule has 20 heavy (non-hydrogen) atoms. The molecule has 0 aliphatic carbocycles. The highest BCUT2D eigenvalue weighted by molar-refractivity contribution is 5.88. The van der Waals surface area contributed by atoms with Gasteiger partial charge in [0.2, 0.25) is 11.8 Å². The van der Waals surface area contributed by atoms with E-state index >= 15 is 0 Å². The SMILES string of the molecule is NC(=O)CCC(NC(=O)[C@@H](N)c1ccccc1)C(=O)O. The Hall–Kier alpha value is -2.41. The lowest BCUT2D eigenvalue weighted by atomic mass is 10.1. The fourth-order valence-electron chi connectivity index (χ4n) is 1.62. The number of hydrogen-bond donors (Lipinski definition) is 4. The second-order valence-corrected chi connectivity index (χ2v) is 4.29. The first-order valence-electron chi connectivity index (χ1n) is 6.04. The van der Waals surface area contributed by atoms with E-state index in [2.05, 4.69) is 5.32 Å². The highest BCUT2D eigenvalue weighted by Gasteiger charge is 2.24. The van der Waals surface area contributed by atoms with Crippen LogP contribution in [0.15, 0.2) is 30.3 Å². The lowest BCUT2D eigenvalue weighted by Gasteiger charge is -2.17. The van der Waals surface area contributed by atoms with E-state index in [4.69, 9.17) is 16.6 Å². The highest BCUT2D eigenvalue weighted by Crippen LogP contribution is 2.10. The van der Waals surface area contributed by atoms with Crippen LogP contribution >= 0.6 is 0 Å². The molecule has 1 aromatic rings. The Morgan fingerprint density at radius 1 is 1.20 bits per heavy atom. The van der Waals surface area contributed by atoms with Gasteiger partial charge in [0.1, 0.15) is 12.1 Å². The smallest absolute Gasteiger partial charge is 0.326 e. The van der Waals surface area contributed by atoms with Crippen LogP contribution in [0.25, 0.3) is 0 Å². The van der Waals surface area contributed by atoms with Crippen molar-refractivity contribution in [3.63, 3.8) is 0 Å². The van der Waals surface area contributed by atoms with Gasteiger partial charge in [-0.15, -0.1) is 0 Å². The molecular weight excluding hydrogens is 262 g/mol. The van der Waals surface area contributed by atoms with Crippen LogP contribution in [0.3, 0.4) is 0 Å². The van der Waals surface area contributed by atoms with Gasteiger partial charge < -0.3 is 21.9 Å². The summed E-state index contributed by atoms with van der Waals surface area (Å²) < 4.78 is 0. The lowest BCUT2D eigenvalue weighted by Crippen LogP contribution is -2.45. The molecule has 0 aliphatic heterocycles. The van der Waals surface area contributed by atoms with Crippen LogP contribution in [-0.4, -0.2) is 28.9 Å². The number of carbonyl (C=O) groups excluding carboxylic acids is 2. The molecule has 1 aromatic carbocycles. The summed E-state index contributed by atoms with van der Waals surface area (Å²) in [5, 5.41) is 11.3. The van der Waals surface area contributed by atoms with Crippen molar-refractivity contribution >= 4 is 17.8 Å². The normalized spacial score (nSPS) is 13.2. The third-order valence-electron chi connectivity index (χ3n) is 2.74. The minimum Gasteiger partial charge on any atom is -0.480 e. The molecule has 0 heterocycles. The zero-order valence-electron chi connectivity index (χ0n) is 10.8. The van der Waals surface area contributed by atoms with Crippen LogP contribution in [0.4, 0.5) is 0 Å². The van der Waals surface area contributed by atoms with Gasteiger partial charge in [-0.05, 0) is 12.0 Å². The number of carbonyl (C=O) groups is 3. The van der Waals surface area contributed by atoms with Crippen LogP contribution < -0.4 is 16.8 Å². The summed E-state index contributed by atoms with van der Waals surface area (Å²) in [6, 6.07) is 6.42. The molecular formula is C13H17N3O4. The predicted molar refractivity (Wildman–Crippen MR) is 71.4 cm³/mol. The van der Waals surface area contributed by atoms with E-state index in [1.54, 1.807) is 30.3 Å². The first-order chi connectivity index (χ1) is 9.41. The topological polar surface area (TPSA) is 136 Å². The van der Waals surface area contributed by atoms with Gasteiger partial charge in [0.15, 0.2) is 0 Å². The molecule has 0 radical (unpaired) electrons. The van der Waals surface area contributed by atoms with Crippen LogP contribution in [0.5, 0.6) is 0 Å². The van der Waals surface area contributed by atoms with Gasteiger partial charge >= 0.3 is 5.97 Å². The van der Waals surface area contributed by atoms with Crippen molar-refractivity contribution in [1.29, 1.82) is 0 Å². The van der Waals surface area contributed by atoms with Crippen LogP contribution in [0, 0.1) is 0 Å². The van der Waals surface area contributed by atoms with Gasteiger partial charge in [-0.1, -0.05) is 30.3 Å². The number of benzene rings is 1. The maximum Gasteiger partial charge on any atom is 0.326 e. The molecule has 0 saturated carbocycles. The average Bonchev–Trinajstić information content (AvgIpc) is 2.42. The molecule has 6 N–H and O–H groups in total. The van der Waals surface area contributed by atoms with E-state index < -0.39 is 29.9 Å². The number of nitrogens with two attached hydrogens (primary N) is 2. The summed E-state index contributed by atoms with van der Waals surface area (Å²) in [5.74, 6) is -2.48. The van der Waals surface area contributed by atoms with Gasteiger partial charge in [-0.2, -0.15) is 0 Å². The predicted octanol–water partition coefficient (Wildman–Crippen LogP) is -0.479. The number of carboxylic acids is 1. The Morgan fingerprint density at radius 2 is 1.80 bits per heavy atom. The fourth-order valence-corrected chi connectivity index (χ4v) is 1.62. The van der Waals surface area contributed by atoms with Crippen molar-refractivity contribution in [2.75, 3.05) is 0 Å². The van der Waals surface area contributed by atoms with Gasteiger partial charge in [0, 0.05) is 6.42 Å². The molecule has 0 fully saturated rings. The zero-order valence-corrected chi connectivity index (χ0v) is 10.8. The van der Waals surface area contributed by atoms with Crippen molar-refractivity contribution in [2.45, 2.75) is 24.9 Å². The number of primary amides is 1. The molecule has 108 valence electrons. The third-order valence-corrected chi connectivity index (χ3v) is 2.74. The maximum absolute atomic E-state index is 11.9. The Kier molecular flexibility index (Phi) is 5.67. The minimum atomic E-state index is -1.24. The van der Waals surface area contributed by atoms with Gasteiger partial charge in [0.05, 0.1) is 0 Å². The van der Waals surface area contributed by atoms with Crippen LogP contribution in [0.2, 0.25) is 0 Å². The van der Waals surface area contributed by atoms with Crippen molar-refractivity contribution in [3.05, 3.63) is 35.9 Å². The summed E-state index contributed by atoms with van der Waals surface area (Å²) in [6.45, 7) is 0. The van der Waals surface area contributed by atoms with Gasteiger partial charge in [0.25, 0.3) is 0 Å². The van der Waals surface area contributed by atoms with E-state index in [0.29, 0.717) is 5.56 Å². The Balaban J connectivity index is 2.66. The number of hydrogen-bond acceptors (Lipinski definition) is 4. The fraction of sp³-hybridized carbons (Fsp3) is 0.308. The second-order valence-electron chi connectivity index (χ2n) is 4.29.